The Morgan fingerprint density at radius 1 is 0.444 bits per heavy atom. The van der Waals surface area contributed by atoms with E-state index >= 15 is 0 Å². The molecule has 81 heavy (non-hydrogen) atoms. The molecule has 0 aromatic rings. The Morgan fingerprint density at radius 3 is 1.15 bits per heavy atom. The molecule has 3 unspecified atom stereocenters. The molecule has 0 rings (SSSR count). The van der Waals surface area contributed by atoms with Gasteiger partial charge in [-0.1, -0.05) is 317 Å². The second kappa shape index (κ2) is 62.2. The molecule has 0 aromatic heterocycles. The molecule has 472 valence electrons. The molecule has 0 saturated heterocycles. The first-order chi connectivity index (χ1) is 39.5. The largest absolute Gasteiger partial charge is 0.756 e. The van der Waals surface area contributed by atoms with Crippen molar-refractivity contribution in [2.45, 2.75) is 328 Å². The summed E-state index contributed by atoms with van der Waals surface area (Å²) in [7, 11) is 1.25. The second-order valence-corrected chi connectivity index (χ2v) is 25.9. The summed E-state index contributed by atoms with van der Waals surface area (Å²) in [4.78, 5) is 25.6. The maximum Gasteiger partial charge on any atom is 0.268 e. The molecule has 0 heterocycles. The summed E-state index contributed by atoms with van der Waals surface area (Å²) >= 11 is 0. The minimum atomic E-state index is -4.61. The summed E-state index contributed by atoms with van der Waals surface area (Å²) in [6.07, 6.45) is 88.6. The van der Waals surface area contributed by atoms with Gasteiger partial charge < -0.3 is 28.8 Å². The van der Waals surface area contributed by atoms with Crippen molar-refractivity contribution in [1.29, 1.82) is 0 Å². The average molecular weight is 1150 g/mol. The monoisotopic (exact) mass is 1150 g/mol. The highest BCUT2D eigenvalue weighted by molar-refractivity contribution is 7.45. The van der Waals surface area contributed by atoms with Gasteiger partial charge in [-0.2, -0.15) is 0 Å². The van der Waals surface area contributed by atoms with Crippen molar-refractivity contribution >= 4 is 13.7 Å². The number of rotatable bonds is 63. The molecule has 8 nitrogen and oxygen atoms in total. The maximum atomic E-state index is 13.0. The van der Waals surface area contributed by atoms with Gasteiger partial charge in [0.05, 0.1) is 39.9 Å². The first-order valence-corrected chi connectivity index (χ1v) is 35.9. The van der Waals surface area contributed by atoms with Crippen LogP contribution >= 0.6 is 7.82 Å². The van der Waals surface area contributed by atoms with Crippen LogP contribution in [0.1, 0.15) is 316 Å². The lowest BCUT2D eigenvalue weighted by Crippen LogP contribution is -2.45. The van der Waals surface area contributed by atoms with Crippen LogP contribution in [0.15, 0.2) is 85.1 Å². The number of hydrogen-bond acceptors (Lipinski definition) is 6. The molecular weight excluding hydrogens is 1020 g/mol. The molecule has 3 atom stereocenters. The maximum absolute atomic E-state index is 13.0. The number of phosphoric acid groups is 1. The minimum Gasteiger partial charge on any atom is -0.756 e. The summed E-state index contributed by atoms with van der Waals surface area (Å²) < 4.78 is 23.4. The number of carbonyl (C=O) groups excluding carboxylic acids is 1. The Labute approximate surface area is 503 Å². The zero-order valence-corrected chi connectivity index (χ0v) is 54.9. The predicted octanol–water partition coefficient (Wildman–Crippen LogP) is 21.3. The third kappa shape index (κ3) is 65.1. The van der Waals surface area contributed by atoms with Crippen LogP contribution in [0.25, 0.3) is 0 Å². The molecule has 0 aliphatic carbocycles. The van der Waals surface area contributed by atoms with E-state index in [1.54, 1.807) is 6.08 Å². The van der Waals surface area contributed by atoms with Crippen LogP contribution in [0.2, 0.25) is 0 Å². The molecule has 0 spiro atoms. The van der Waals surface area contributed by atoms with E-state index in [4.69, 9.17) is 9.05 Å². The molecule has 9 heteroatoms. The van der Waals surface area contributed by atoms with Crippen molar-refractivity contribution in [2.24, 2.45) is 0 Å². The standard InChI is InChI=1S/C72H133N2O6P/c1-6-8-10-12-14-16-18-20-22-24-26-27-28-29-30-31-32-33-34-35-36-37-38-39-40-41-42-43-44-45-46-47-48-50-52-54-56-58-60-62-64-66-72(76)73-70(69-80-81(77,78)79-68-67-74(3,4)5)71(75)65-63-61-59-57-55-53-51-49-25-23-21-19-17-15-13-11-9-7-2/h8,10,14,16,20,22,26-27,29-30,55,57,63,65,70-71,75H,6-7,9,11-13,15,17-19,21,23-25,28,31-54,56,58-62,64,66-69H2,1-5H3,(H-,73,76,77,78)/b10-8-,16-14-,22-20-,27-26-,30-29-,57-55+,65-63+. The first kappa shape index (κ1) is 78.7. The molecule has 2 N–H and O–H groups in total. The fourth-order valence-electron chi connectivity index (χ4n) is 10.0. The van der Waals surface area contributed by atoms with Crippen molar-refractivity contribution in [3.05, 3.63) is 85.1 Å². The van der Waals surface area contributed by atoms with Crippen LogP contribution in [-0.2, 0) is 18.4 Å². The highest BCUT2D eigenvalue weighted by Crippen LogP contribution is 2.38. The number of nitrogens with one attached hydrogen (secondary N) is 1. The summed E-state index contributed by atoms with van der Waals surface area (Å²) in [6, 6.07) is -0.905. The van der Waals surface area contributed by atoms with Gasteiger partial charge in [-0.3, -0.25) is 9.36 Å². The third-order valence-electron chi connectivity index (χ3n) is 15.3. The number of allylic oxidation sites excluding steroid dienone is 13. The van der Waals surface area contributed by atoms with Gasteiger partial charge in [-0.25, -0.2) is 0 Å². The zero-order valence-electron chi connectivity index (χ0n) is 54.0. The van der Waals surface area contributed by atoms with Crippen LogP contribution < -0.4 is 10.2 Å². The Hall–Kier alpha value is -2.32. The number of hydrogen-bond donors (Lipinski definition) is 2. The molecule has 0 aliphatic heterocycles. The Balaban J connectivity index is 3.94. The average Bonchev–Trinajstić information content (AvgIpc) is 3.43. The van der Waals surface area contributed by atoms with E-state index in [0.29, 0.717) is 17.4 Å². The van der Waals surface area contributed by atoms with Crippen LogP contribution in [0, 0.1) is 0 Å². The smallest absolute Gasteiger partial charge is 0.268 e. The molecule has 0 radical (unpaired) electrons. The lowest BCUT2D eigenvalue weighted by atomic mass is 10.0. The topological polar surface area (TPSA) is 108 Å². The van der Waals surface area contributed by atoms with Gasteiger partial charge in [-0.05, 0) is 77.0 Å². The van der Waals surface area contributed by atoms with Gasteiger partial charge in [0.25, 0.3) is 7.82 Å². The molecule has 0 bridgehead atoms. The SMILES string of the molecule is CC/C=C\C/C=C\C/C=C\C/C=C\C/C=C\CCCCCCCCCCCCCCCCCCCCCCCCCCCC(=O)NC(COP(=O)([O-])OCC[N+](C)(C)C)C(O)/C=C/CC/C=C/CCCCCCCCCCCCCC. The van der Waals surface area contributed by atoms with Crippen LogP contribution in [0.3, 0.4) is 0 Å². The number of likely N-dealkylation sites (N-methyl/N-ethyl adjacent to an activating group) is 1. The first-order valence-electron chi connectivity index (χ1n) is 34.4. The van der Waals surface area contributed by atoms with Gasteiger partial charge in [0, 0.05) is 6.42 Å². The van der Waals surface area contributed by atoms with Crippen LogP contribution in [-0.4, -0.2) is 68.5 Å². The summed E-state index contributed by atoms with van der Waals surface area (Å²) in [5.74, 6) is -0.203. The molecule has 0 fully saturated rings. The number of quaternary nitrogens is 1. The molecule has 1 amide bonds. The van der Waals surface area contributed by atoms with E-state index in [0.717, 1.165) is 70.6 Å². The summed E-state index contributed by atoms with van der Waals surface area (Å²) in [5, 5.41) is 13.9. The quantitative estimate of drug-likeness (QED) is 0.0272. The zero-order chi connectivity index (χ0) is 59.1. The van der Waals surface area contributed by atoms with Crippen molar-refractivity contribution in [2.75, 3.05) is 40.9 Å². The van der Waals surface area contributed by atoms with E-state index in [2.05, 4.69) is 92.1 Å². The number of nitrogens with zero attached hydrogens (tertiary/aromatic N) is 1. The summed E-state index contributed by atoms with van der Waals surface area (Å²) in [5.41, 5.74) is 0. The van der Waals surface area contributed by atoms with Crippen molar-refractivity contribution in [1.82, 2.24) is 5.32 Å². The van der Waals surface area contributed by atoms with Gasteiger partial charge >= 0.3 is 0 Å². The van der Waals surface area contributed by atoms with Crippen molar-refractivity contribution < 1.29 is 32.9 Å². The van der Waals surface area contributed by atoms with E-state index < -0.39 is 26.6 Å². The van der Waals surface area contributed by atoms with E-state index in [-0.39, 0.29) is 12.5 Å². The van der Waals surface area contributed by atoms with E-state index in [1.807, 2.05) is 27.2 Å². The third-order valence-corrected chi connectivity index (χ3v) is 16.3. The van der Waals surface area contributed by atoms with Gasteiger partial charge in [0.15, 0.2) is 0 Å². The van der Waals surface area contributed by atoms with Crippen molar-refractivity contribution in [3.8, 4) is 0 Å². The fraction of sp³-hybridized carbons (Fsp3) is 0.792. The fourth-order valence-corrected chi connectivity index (χ4v) is 10.7. The van der Waals surface area contributed by atoms with E-state index in [9.17, 15) is 19.4 Å². The predicted molar refractivity (Wildman–Crippen MR) is 353 cm³/mol. The highest BCUT2D eigenvalue weighted by Gasteiger charge is 2.23. The Morgan fingerprint density at radius 2 is 0.765 bits per heavy atom. The lowest BCUT2D eigenvalue weighted by molar-refractivity contribution is -0.870. The van der Waals surface area contributed by atoms with Gasteiger partial charge in [0.1, 0.15) is 13.2 Å². The van der Waals surface area contributed by atoms with Gasteiger partial charge in [0.2, 0.25) is 5.91 Å². The number of aliphatic hydroxyl groups is 1. The van der Waals surface area contributed by atoms with Crippen LogP contribution in [0.4, 0.5) is 0 Å². The van der Waals surface area contributed by atoms with Gasteiger partial charge in [-0.15, -0.1) is 0 Å². The van der Waals surface area contributed by atoms with Crippen molar-refractivity contribution in [3.63, 3.8) is 0 Å². The van der Waals surface area contributed by atoms with Crippen LogP contribution in [0.5, 0.6) is 0 Å². The molecular formula is C72H133N2O6P. The molecule has 0 aromatic carbocycles. The second-order valence-electron chi connectivity index (χ2n) is 24.5. The Bertz CT molecular complexity index is 1600. The normalized spacial score (nSPS) is 14.2. The number of phosphoric ester groups is 1. The molecule has 0 aliphatic rings. The number of amides is 1. The van der Waals surface area contributed by atoms with E-state index in [1.165, 1.54) is 225 Å². The minimum absolute atomic E-state index is 0.00643. The summed E-state index contributed by atoms with van der Waals surface area (Å²) in [6.45, 7) is 4.54. The molecule has 0 saturated carbocycles. The number of aliphatic hydroxyl groups excluding tert-OH is 1. The lowest BCUT2D eigenvalue weighted by Gasteiger charge is -2.29. The highest BCUT2D eigenvalue weighted by atomic mass is 31.2. The number of carbonyl (C=O) groups is 1. The number of unbranched alkanes of at least 4 members (excludes halogenated alkanes) is 38. The Kier molecular flexibility index (Phi) is 60.4.